The van der Waals surface area contributed by atoms with Crippen molar-refractivity contribution >= 4 is 23.3 Å². The van der Waals surface area contributed by atoms with Crippen LogP contribution in [0.5, 0.6) is 0 Å². The van der Waals surface area contributed by atoms with E-state index in [0.29, 0.717) is 12.4 Å². The molecule has 0 radical (unpaired) electrons. The summed E-state index contributed by atoms with van der Waals surface area (Å²) in [5.41, 5.74) is 1.25. The van der Waals surface area contributed by atoms with E-state index in [1.165, 1.54) is 12.5 Å². The van der Waals surface area contributed by atoms with E-state index >= 15 is 0 Å². The molecule has 0 saturated heterocycles. The summed E-state index contributed by atoms with van der Waals surface area (Å²) in [6.45, 7) is 3.96. The van der Waals surface area contributed by atoms with Gasteiger partial charge in [-0.25, -0.2) is 0 Å². The first-order valence-electron chi connectivity index (χ1n) is 8.82. The molecule has 1 aromatic carbocycles. The zero-order valence-corrected chi connectivity index (χ0v) is 16.6. The largest absolute Gasteiger partial charge is 0.436 e. The van der Waals surface area contributed by atoms with Crippen molar-refractivity contribution in [3.8, 4) is 0 Å². The van der Waals surface area contributed by atoms with Crippen molar-refractivity contribution in [1.82, 2.24) is 19.6 Å². The number of aromatic nitrogens is 4. The van der Waals surface area contributed by atoms with Gasteiger partial charge >= 0.3 is 6.18 Å². The lowest BCUT2D eigenvalue weighted by atomic mass is 10.1. The third kappa shape index (κ3) is 5.17. The number of benzene rings is 1. The molecular formula is C19H19ClF3N5O. The molecule has 154 valence electrons. The Morgan fingerprint density at radius 2 is 1.83 bits per heavy atom. The normalized spacial score (nSPS) is 11.7. The molecular weight excluding hydrogens is 407 g/mol. The zero-order valence-electron chi connectivity index (χ0n) is 15.8. The number of amides is 1. The van der Waals surface area contributed by atoms with Gasteiger partial charge in [0.15, 0.2) is 11.5 Å². The molecule has 0 bridgehead atoms. The maximum atomic E-state index is 12.9. The molecule has 2 heterocycles. The number of nitrogens with zero attached hydrogens (tertiary/aromatic N) is 4. The molecule has 29 heavy (non-hydrogen) atoms. The van der Waals surface area contributed by atoms with E-state index in [1.807, 2.05) is 31.2 Å². The van der Waals surface area contributed by atoms with Crippen LogP contribution in [0.25, 0.3) is 0 Å². The Hall–Kier alpha value is -2.81. The number of anilines is 1. The minimum atomic E-state index is -4.64. The van der Waals surface area contributed by atoms with Gasteiger partial charge in [0.05, 0.1) is 23.8 Å². The summed E-state index contributed by atoms with van der Waals surface area (Å²) in [6.07, 6.45) is -2.97. The molecule has 0 aliphatic rings. The average Bonchev–Trinajstić information content (AvgIpc) is 3.20. The molecule has 0 aliphatic carbocycles. The summed E-state index contributed by atoms with van der Waals surface area (Å²) < 4.78 is 41.3. The standard InChI is InChI=1S/C19H19ClF3N5O/c1-12-3-5-14(6-4-12)11-27-9-7-15(25-27)24-16(29)8-10-28-13(2)17(20)18(26-28)19(21,22)23/h3-7,9H,8,10-11H2,1-2H3,(H,24,25,29). The van der Waals surface area contributed by atoms with Crippen molar-refractivity contribution in [1.29, 1.82) is 0 Å². The Labute approximate surface area is 170 Å². The maximum Gasteiger partial charge on any atom is 0.436 e. The van der Waals surface area contributed by atoms with Crippen LogP contribution in [0.1, 0.15) is 28.9 Å². The van der Waals surface area contributed by atoms with Crippen molar-refractivity contribution < 1.29 is 18.0 Å². The van der Waals surface area contributed by atoms with Crippen molar-refractivity contribution in [3.63, 3.8) is 0 Å². The molecule has 0 aliphatic heterocycles. The lowest BCUT2D eigenvalue weighted by Crippen LogP contribution is -2.16. The summed E-state index contributed by atoms with van der Waals surface area (Å²) in [6, 6.07) is 9.68. The molecule has 1 amide bonds. The first kappa shape index (κ1) is 20.9. The Bertz CT molecular complexity index is 1010. The number of hydrogen-bond acceptors (Lipinski definition) is 3. The molecule has 10 heteroatoms. The fourth-order valence-electron chi connectivity index (χ4n) is 2.73. The highest BCUT2D eigenvalue weighted by molar-refractivity contribution is 6.31. The van der Waals surface area contributed by atoms with Crippen LogP contribution < -0.4 is 5.32 Å². The highest BCUT2D eigenvalue weighted by Gasteiger charge is 2.38. The highest BCUT2D eigenvalue weighted by Crippen LogP contribution is 2.35. The van der Waals surface area contributed by atoms with E-state index in [9.17, 15) is 18.0 Å². The van der Waals surface area contributed by atoms with Gasteiger partial charge in [0, 0.05) is 18.7 Å². The Kier molecular flexibility index (Phi) is 5.97. The summed E-state index contributed by atoms with van der Waals surface area (Å²) in [5, 5.41) is 9.94. The maximum absolute atomic E-state index is 12.9. The summed E-state index contributed by atoms with van der Waals surface area (Å²) in [5.74, 6) is -0.0153. The van der Waals surface area contributed by atoms with Gasteiger partial charge in [0.1, 0.15) is 0 Å². The van der Waals surface area contributed by atoms with Gasteiger partial charge in [-0.05, 0) is 19.4 Å². The van der Waals surface area contributed by atoms with Gasteiger partial charge in [-0.1, -0.05) is 41.4 Å². The van der Waals surface area contributed by atoms with Crippen LogP contribution in [-0.2, 0) is 24.1 Å². The number of rotatable bonds is 6. The van der Waals surface area contributed by atoms with Crippen molar-refractivity contribution in [2.75, 3.05) is 5.32 Å². The molecule has 0 atom stereocenters. The molecule has 0 saturated carbocycles. The zero-order chi connectivity index (χ0) is 21.2. The Balaban J connectivity index is 1.56. The summed E-state index contributed by atoms with van der Waals surface area (Å²) in [7, 11) is 0. The quantitative estimate of drug-likeness (QED) is 0.634. The van der Waals surface area contributed by atoms with E-state index in [4.69, 9.17) is 11.6 Å². The number of alkyl halides is 3. The average molecular weight is 426 g/mol. The predicted molar refractivity (Wildman–Crippen MR) is 103 cm³/mol. The van der Waals surface area contributed by atoms with Crippen LogP contribution in [0.15, 0.2) is 36.5 Å². The van der Waals surface area contributed by atoms with Crippen LogP contribution in [0.2, 0.25) is 5.02 Å². The molecule has 3 aromatic rings. The summed E-state index contributed by atoms with van der Waals surface area (Å²) in [4.78, 5) is 12.1. The van der Waals surface area contributed by atoms with E-state index in [2.05, 4.69) is 15.5 Å². The second-order valence-electron chi connectivity index (χ2n) is 6.65. The summed E-state index contributed by atoms with van der Waals surface area (Å²) >= 11 is 5.70. The number of halogens is 4. The van der Waals surface area contributed by atoms with E-state index < -0.39 is 16.9 Å². The predicted octanol–water partition coefficient (Wildman–Crippen LogP) is 4.45. The van der Waals surface area contributed by atoms with Gasteiger partial charge in [0.2, 0.25) is 5.91 Å². The van der Waals surface area contributed by atoms with Gasteiger partial charge in [-0.2, -0.15) is 23.4 Å². The first-order chi connectivity index (χ1) is 13.6. The van der Waals surface area contributed by atoms with Crippen LogP contribution in [0.3, 0.4) is 0 Å². The smallest absolute Gasteiger partial charge is 0.309 e. The van der Waals surface area contributed by atoms with Gasteiger partial charge in [-0.3, -0.25) is 14.2 Å². The van der Waals surface area contributed by atoms with Crippen LogP contribution >= 0.6 is 11.6 Å². The number of aryl methyl sites for hydroxylation is 2. The van der Waals surface area contributed by atoms with Crippen LogP contribution in [-0.4, -0.2) is 25.5 Å². The fourth-order valence-corrected chi connectivity index (χ4v) is 2.98. The monoisotopic (exact) mass is 425 g/mol. The second-order valence-corrected chi connectivity index (χ2v) is 7.03. The van der Waals surface area contributed by atoms with Crippen LogP contribution in [0.4, 0.5) is 19.0 Å². The van der Waals surface area contributed by atoms with Gasteiger partial charge in [-0.15, -0.1) is 0 Å². The number of carbonyl (C=O) groups is 1. The Morgan fingerprint density at radius 3 is 2.45 bits per heavy atom. The van der Waals surface area contributed by atoms with Gasteiger partial charge < -0.3 is 5.32 Å². The minimum Gasteiger partial charge on any atom is -0.309 e. The lowest BCUT2D eigenvalue weighted by molar-refractivity contribution is -0.141. The molecule has 2 aromatic heterocycles. The molecule has 1 N–H and O–H groups in total. The molecule has 6 nitrogen and oxygen atoms in total. The fraction of sp³-hybridized carbons (Fsp3) is 0.316. The molecule has 3 rings (SSSR count). The van der Waals surface area contributed by atoms with E-state index in [-0.39, 0.29) is 24.6 Å². The number of nitrogens with one attached hydrogen (secondary N) is 1. The third-order valence-corrected chi connectivity index (χ3v) is 4.78. The van der Waals surface area contributed by atoms with E-state index in [1.54, 1.807) is 16.9 Å². The molecule has 0 unspecified atom stereocenters. The molecule has 0 spiro atoms. The number of hydrogen-bond donors (Lipinski definition) is 1. The highest BCUT2D eigenvalue weighted by atomic mass is 35.5. The third-order valence-electron chi connectivity index (χ3n) is 4.33. The van der Waals surface area contributed by atoms with Crippen LogP contribution in [0, 0.1) is 13.8 Å². The lowest BCUT2D eigenvalue weighted by Gasteiger charge is -2.05. The first-order valence-corrected chi connectivity index (χ1v) is 9.20. The second kappa shape index (κ2) is 8.28. The SMILES string of the molecule is Cc1ccc(Cn2ccc(NC(=O)CCn3nc(C(F)(F)F)c(Cl)c3C)n2)cc1. The van der Waals surface area contributed by atoms with Crippen molar-refractivity contribution in [3.05, 3.63) is 64.1 Å². The van der Waals surface area contributed by atoms with Crippen molar-refractivity contribution in [2.45, 2.75) is 39.5 Å². The van der Waals surface area contributed by atoms with Crippen molar-refractivity contribution in [2.24, 2.45) is 0 Å². The van der Waals surface area contributed by atoms with Gasteiger partial charge in [0.25, 0.3) is 0 Å². The topological polar surface area (TPSA) is 64.7 Å². The minimum absolute atomic E-state index is 0.0302. The van der Waals surface area contributed by atoms with E-state index in [0.717, 1.165) is 10.2 Å². The Morgan fingerprint density at radius 1 is 1.14 bits per heavy atom. The number of carbonyl (C=O) groups excluding carboxylic acids is 1. The molecule has 0 fully saturated rings.